The number of hydrogen-bond donors (Lipinski definition) is 2. The maximum absolute atomic E-state index is 12.5. The van der Waals surface area contributed by atoms with Crippen molar-refractivity contribution in [3.63, 3.8) is 0 Å². The summed E-state index contributed by atoms with van der Waals surface area (Å²) in [5, 5.41) is 3.40. The number of imidazole rings is 1. The van der Waals surface area contributed by atoms with Gasteiger partial charge in [0.2, 0.25) is 0 Å². The number of halogens is 2. The van der Waals surface area contributed by atoms with Crippen molar-refractivity contribution in [3.05, 3.63) is 24.3 Å². The fourth-order valence-corrected chi connectivity index (χ4v) is 3.80. The molecular formula is C17H21F2N5O. The van der Waals surface area contributed by atoms with Crippen molar-refractivity contribution in [2.45, 2.75) is 32.4 Å². The number of nitrogens with two attached hydrogens (primary N) is 1. The molecule has 4 rings (SSSR count). The van der Waals surface area contributed by atoms with E-state index >= 15 is 0 Å². The molecule has 0 aromatic carbocycles. The number of anilines is 1. The number of ether oxygens (including phenoxy) is 1. The van der Waals surface area contributed by atoms with Crippen LogP contribution in [0.5, 0.6) is 5.75 Å². The van der Waals surface area contributed by atoms with Crippen molar-refractivity contribution in [2.24, 2.45) is 11.8 Å². The van der Waals surface area contributed by atoms with Crippen LogP contribution in [-0.2, 0) is 0 Å². The van der Waals surface area contributed by atoms with E-state index in [0.29, 0.717) is 29.1 Å². The number of aromatic nitrogens is 3. The molecule has 2 aliphatic rings. The number of nitrogen functional groups attached to an aromatic ring is 1. The maximum Gasteiger partial charge on any atom is 0.387 e. The van der Waals surface area contributed by atoms with Crippen molar-refractivity contribution in [3.8, 4) is 17.0 Å². The first-order valence-corrected chi connectivity index (χ1v) is 8.46. The van der Waals surface area contributed by atoms with E-state index in [9.17, 15) is 8.78 Å². The SMILES string of the molecule is CC(C)c1nc(-c2cnc(N)c(OC(F)F)c2)cn1[C@H]1[C@@H]2CNC[C@@H]21. The Morgan fingerprint density at radius 3 is 2.68 bits per heavy atom. The van der Waals surface area contributed by atoms with Crippen molar-refractivity contribution < 1.29 is 13.5 Å². The molecule has 0 spiro atoms. The van der Waals surface area contributed by atoms with Crippen LogP contribution in [0.15, 0.2) is 18.5 Å². The first-order valence-electron chi connectivity index (χ1n) is 8.46. The Morgan fingerprint density at radius 2 is 2.04 bits per heavy atom. The van der Waals surface area contributed by atoms with E-state index < -0.39 is 6.61 Å². The summed E-state index contributed by atoms with van der Waals surface area (Å²) >= 11 is 0. The topological polar surface area (TPSA) is 78.0 Å². The lowest BCUT2D eigenvalue weighted by atomic mass is 10.2. The molecular weight excluding hydrogens is 328 g/mol. The van der Waals surface area contributed by atoms with Crippen molar-refractivity contribution in [2.75, 3.05) is 18.8 Å². The summed E-state index contributed by atoms with van der Waals surface area (Å²) in [6.45, 7) is 3.34. The molecule has 134 valence electrons. The summed E-state index contributed by atoms with van der Waals surface area (Å²) < 4.78 is 31.7. The van der Waals surface area contributed by atoms with Gasteiger partial charge in [-0.25, -0.2) is 9.97 Å². The summed E-state index contributed by atoms with van der Waals surface area (Å²) in [7, 11) is 0. The predicted octanol–water partition coefficient (Wildman–Crippen LogP) is 2.64. The maximum atomic E-state index is 12.5. The number of nitrogens with zero attached hydrogens (tertiary/aromatic N) is 3. The van der Waals surface area contributed by atoms with Gasteiger partial charge < -0.3 is 20.4 Å². The number of nitrogens with one attached hydrogen (secondary N) is 1. The van der Waals surface area contributed by atoms with Gasteiger partial charge in [0.15, 0.2) is 11.6 Å². The Labute approximate surface area is 144 Å². The van der Waals surface area contributed by atoms with E-state index in [1.807, 2.05) is 6.20 Å². The smallest absolute Gasteiger partial charge is 0.387 e. The lowest BCUT2D eigenvalue weighted by molar-refractivity contribution is -0.0494. The Bertz CT molecular complexity index is 781. The second kappa shape index (κ2) is 5.94. The predicted molar refractivity (Wildman–Crippen MR) is 89.5 cm³/mol. The molecule has 1 saturated carbocycles. The van der Waals surface area contributed by atoms with Crippen LogP contribution >= 0.6 is 0 Å². The van der Waals surface area contributed by atoms with E-state index in [4.69, 9.17) is 10.7 Å². The third kappa shape index (κ3) is 2.84. The molecule has 2 aromatic rings. The van der Waals surface area contributed by atoms with Gasteiger partial charge in [-0.15, -0.1) is 0 Å². The van der Waals surface area contributed by atoms with Crippen molar-refractivity contribution in [1.29, 1.82) is 0 Å². The molecule has 1 aliphatic carbocycles. The van der Waals surface area contributed by atoms with Gasteiger partial charge in [-0.05, 0) is 17.9 Å². The minimum atomic E-state index is -2.94. The van der Waals surface area contributed by atoms with Crippen LogP contribution < -0.4 is 15.8 Å². The fourth-order valence-electron chi connectivity index (χ4n) is 3.80. The Morgan fingerprint density at radius 1 is 1.32 bits per heavy atom. The highest BCUT2D eigenvalue weighted by Crippen LogP contribution is 2.53. The standard InChI is InChI=1S/C17H21F2N5O/c1-8(2)16-23-12(7-24(16)14-10-5-21-6-11(10)14)9-3-13(25-17(18)19)15(20)22-4-9/h3-4,7-8,10-11,14,17,21H,5-6H2,1-2H3,(H2,20,22)/t10-,11+,14+. The zero-order valence-corrected chi connectivity index (χ0v) is 14.1. The third-order valence-electron chi connectivity index (χ3n) is 5.04. The zero-order chi connectivity index (χ0) is 17.7. The number of piperidine rings is 1. The molecule has 0 unspecified atom stereocenters. The number of pyridine rings is 1. The Hall–Kier alpha value is -2.22. The first kappa shape index (κ1) is 16.3. The van der Waals surface area contributed by atoms with Gasteiger partial charge in [0, 0.05) is 43.0 Å². The van der Waals surface area contributed by atoms with Gasteiger partial charge in [-0.3, -0.25) is 0 Å². The van der Waals surface area contributed by atoms with Crippen LogP contribution in [0.4, 0.5) is 14.6 Å². The summed E-state index contributed by atoms with van der Waals surface area (Å²) in [5.41, 5.74) is 6.94. The molecule has 1 aliphatic heterocycles. The second-order valence-electron chi connectivity index (χ2n) is 7.01. The lowest BCUT2D eigenvalue weighted by Gasteiger charge is -2.12. The zero-order valence-electron chi connectivity index (χ0n) is 14.1. The largest absolute Gasteiger partial charge is 0.431 e. The molecule has 0 amide bonds. The summed E-state index contributed by atoms with van der Waals surface area (Å²) in [4.78, 5) is 8.71. The van der Waals surface area contributed by atoms with E-state index in [-0.39, 0.29) is 17.5 Å². The van der Waals surface area contributed by atoms with Crippen molar-refractivity contribution >= 4 is 5.82 Å². The van der Waals surface area contributed by atoms with E-state index in [0.717, 1.165) is 18.9 Å². The van der Waals surface area contributed by atoms with Gasteiger partial charge >= 0.3 is 6.61 Å². The molecule has 6 nitrogen and oxygen atoms in total. The summed E-state index contributed by atoms with van der Waals surface area (Å²) in [6.07, 6.45) is 3.54. The van der Waals surface area contributed by atoms with Crippen LogP contribution in [0.3, 0.4) is 0 Å². The van der Waals surface area contributed by atoms with Crippen LogP contribution in [-0.4, -0.2) is 34.2 Å². The number of fused-ring (bicyclic) bond motifs is 1. The highest BCUT2D eigenvalue weighted by molar-refractivity contribution is 5.64. The summed E-state index contributed by atoms with van der Waals surface area (Å²) in [5.74, 6) is 2.39. The van der Waals surface area contributed by atoms with E-state index in [1.165, 1.54) is 6.07 Å². The number of rotatable bonds is 5. The van der Waals surface area contributed by atoms with Gasteiger partial charge in [0.1, 0.15) is 5.82 Å². The molecule has 1 saturated heterocycles. The first-order chi connectivity index (χ1) is 12.0. The average molecular weight is 349 g/mol. The molecule has 0 radical (unpaired) electrons. The Kier molecular flexibility index (Phi) is 3.87. The van der Waals surface area contributed by atoms with Gasteiger partial charge in [-0.2, -0.15) is 8.78 Å². The highest BCUT2D eigenvalue weighted by atomic mass is 19.3. The highest BCUT2D eigenvalue weighted by Gasteiger charge is 2.54. The van der Waals surface area contributed by atoms with E-state index in [1.54, 1.807) is 6.20 Å². The number of alkyl halides is 2. The van der Waals surface area contributed by atoms with Crippen LogP contribution in [0, 0.1) is 11.8 Å². The minimum absolute atomic E-state index is 0.0598. The second-order valence-corrected chi connectivity index (χ2v) is 7.01. The van der Waals surface area contributed by atoms with Crippen LogP contribution in [0.25, 0.3) is 11.3 Å². The molecule has 2 aromatic heterocycles. The summed E-state index contributed by atoms with van der Waals surface area (Å²) in [6, 6.07) is 1.94. The molecule has 25 heavy (non-hydrogen) atoms. The number of hydrogen-bond acceptors (Lipinski definition) is 5. The van der Waals surface area contributed by atoms with Gasteiger partial charge in [-0.1, -0.05) is 13.8 Å². The van der Waals surface area contributed by atoms with E-state index in [2.05, 4.69) is 33.5 Å². The molecule has 8 heteroatoms. The molecule has 3 N–H and O–H groups in total. The van der Waals surface area contributed by atoms with Gasteiger partial charge in [0.05, 0.1) is 5.69 Å². The molecule has 0 bridgehead atoms. The average Bonchev–Trinajstić information content (AvgIpc) is 2.94. The lowest BCUT2D eigenvalue weighted by Crippen LogP contribution is -2.17. The molecule has 3 atom stereocenters. The quantitative estimate of drug-likeness (QED) is 0.868. The van der Waals surface area contributed by atoms with Gasteiger partial charge in [0.25, 0.3) is 0 Å². The van der Waals surface area contributed by atoms with Crippen molar-refractivity contribution in [1.82, 2.24) is 19.9 Å². The third-order valence-corrected chi connectivity index (χ3v) is 5.04. The minimum Gasteiger partial charge on any atom is -0.431 e. The molecule has 3 heterocycles. The fraction of sp³-hybridized carbons (Fsp3) is 0.529. The Balaban J connectivity index is 1.69. The molecule has 2 fully saturated rings. The van der Waals surface area contributed by atoms with Crippen LogP contribution in [0.2, 0.25) is 0 Å². The van der Waals surface area contributed by atoms with Crippen LogP contribution in [0.1, 0.15) is 31.6 Å². The monoisotopic (exact) mass is 349 g/mol. The normalized spacial score (nSPS) is 24.8.